The van der Waals surface area contributed by atoms with Crippen molar-refractivity contribution in [1.29, 1.82) is 0 Å². The van der Waals surface area contributed by atoms with E-state index < -0.39 is 12.0 Å². The van der Waals surface area contributed by atoms with Gasteiger partial charge in [-0.15, -0.1) is 0 Å². The van der Waals surface area contributed by atoms with Gasteiger partial charge in [-0.3, -0.25) is 4.79 Å². The number of carboxylic acid groups (broad SMARTS) is 1. The topological polar surface area (TPSA) is 79.3 Å². The Kier molecular flexibility index (Phi) is 5.66. The van der Waals surface area contributed by atoms with E-state index >= 15 is 0 Å². The zero-order valence-electron chi connectivity index (χ0n) is 12.3. The largest absolute Gasteiger partial charge is 0.480 e. The van der Waals surface area contributed by atoms with Gasteiger partial charge in [0.2, 0.25) is 0 Å². The average molecular weight is 318 g/mol. The van der Waals surface area contributed by atoms with Crippen LogP contribution in [0.15, 0.2) is 36.4 Å². The minimum atomic E-state index is -1.01. The number of nitrogens with one attached hydrogen (secondary N) is 1. The lowest BCUT2D eigenvalue weighted by Gasteiger charge is -2.12. The molecule has 1 aromatic heterocycles. The van der Waals surface area contributed by atoms with E-state index in [1.807, 2.05) is 37.3 Å². The fraction of sp³-hybridized carbons (Fsp3) is 0.312. The van der Waals surface area contributed by atoms with Crippen LogP contribution in [0.4, 0.5) is 0 Å². The monoisotopic (exact) mass is 318 g/mol. The summed E-state index contributed by atoms with van der Waals surface area (Å²) in [6, 6.07) is 10.4. The van der Waals surface area contributed by atoms with Crippen molar-refractivity contribution in [3.05, 3.63) is 41.3 Å². The highest BCUT2D eigenvalue weighted by molar-refractivity contribution is 7.08. The summed E-state index contributed by atoms with van der Waals surface area (Å²) >= 11 is 1.08. The Morgan fingerprint density at radius 3 is 2.68 bits per heavy atom. The van der Waals surface area contributed by atoms with Crippen molar-refractivity contribution < 1.29 is 14.7 Å². The van der Waals surface area contributed by atoms with Gasteiger partial charge in [0.1, 0.15) is 10.9 Å². The molecule has 0 fully saturated rings. The summed E-state index contributed by atoms with van der Waals surface area (Å²) in [5.41, 5.74) is 1.65. The molecule has 2 aromatic rings. The van der Waals surface area contributed by atoms with Crippen molar-refractivity contribution in [2.45, 2.75) is 32.2 Å². The number of amides is 1. The van der Waals surface area contributed by atoms with Crippen molar-refractivity contribution in [2.24, 2.45) is 0 Å². The second-order valence-corrected chi connectivity index (χ2v) is 5.75. The lowest BCUT2D eigenvalue weighted by molar-refractivity contribution is -0.139. The quantitative estimate of drug-likeness (QED) is 0.821. The number of carbonyl (C=O) groups is 2. The second kappa shape index (κ2) is 7.70. The molecule has 0 bridgehead atoms. The van der Waals surface area contributed by atoms with E-state index in [1.54, 1.807) is 6.07 Å². The van der Waals surface area contributed by atoms with Gasteiger partial charge in [0.15, 0.2) is 0 Å². The number of nitrogens with zero attached hydrogens (tertiary/aromatic N) is 1. The SMILES string of the molecule is CCCC[C@H](NC(=O)c1cc(-c2ccccc2)ns1)C(=O)O. The zero-order chi connectivity index (χ0) is 15.9. The van der Waals surface area contributed by atoms with E-state index in [9.17, 15) is 9.59 Å². The number of hydrogen-bond acceptors (Lipinski definition) is 4. The van der Waals surface area contributed by atoms with E-state index in [-0.39, 0.29) is 5.91 Å². The van der Waals surface area contributed by atoms with Crippen molar-refractivity contribution >= 4 is 23.4 Å². The Morgan fingerprint density at radius 2 is 2.05 bits per heavy atom. The van der Waals surface area contributed by atoms with Crippen molar-refractivity contribution in [3.63, 3.8) is 0 Å². The molecule has 2 rings (SSSR count). The lowest BCUT2D eigenvalue weighted by atomic mass is 10.1. The normalized spacial score (nSPS) is 11.9. The Bertz CT molecular complexity index is 640. The Hall–Kier alpha value is -2.21. The second-order valence-electron chi connectivity index (χ2n) is 4.95. The molecule has 0 aliphatic heterocycles. The number of unbranched alkanes of at least 4 members (excludes halogenated alkanes) is 1. The van der Waals surface area contributed by atoms with Gasteiger partial charge in [-0.1, -0.05) is 50.1 Å². The van der Waals surface area contributed by atoms with Gasteiger partial charge in [0, 0.05) is 5.56 Å². The van der Waals surface area contributed by atoms with E-state index in [1.165, 1.54) is 0 Å². The van der Waals surface area contributed by atoms with Crippen molar-refractivity contribution in [1.82, 2.24) is 9.69 Å². The van der Waals surface area contributed by atoms with Gasteiger partial charge in [-0.05, 0) is 24.0 Å². The van der Waals surface area contributed by atoms with Gasteiger partial charge in [-0.2, -0.15) is 4.37 Å². The maximum atomic E-state index is 12.2. The molecule has 1 aromatic carbocycles. The van der Waals surface area contributed by atoms with Crippen LogP contribution in [0.1, 0.15) is 35.9 Å². The fourth-order valence-corrected chi connectivity index (χ4v) is 2.68. The molecule has 0 saturated carbocycles. The molecule has 2 N–H and O–H groups in total. The smallest absolute Gasteiger partial charge is 0.326 e. The highest BCUT2D eigenvalue weighted by Crippen LogP contribution is 2.21. The average Bonchev–Trinajstić information content (AvgIpc) is 3.02. The molecule has 1 atom stereocenters. The maximum Gasteiger partial charge on any atom is 0.326 e. The molecular formula is C16H18N2O3S. The third-order valence-electron chi connectivity index (χ3n) is 3.25. The standard InChI is InChI=1S/C16H18N2O3S/c1-2-3-9-12(16(20)21)17-15(19)14-10-13(18-22-14)11-7-5-4-6-8-11/h4-8,10,12H,2-3,9H2,1H3,(H,17,19)(H,20,21)/t12-/m0/s1. The van der Waals surface area contributed by atoms with Crippen LogP contribution in [-0.4, -0.2) is 27.4 Å². The Morgan fingerprint density at radius 1 is 1.32 bits per heavy atom. The predicted molar refractivity (Wildman–Crippen MR) is 86.0 cm³/mol. The van der Waals surface area contributed by atoms with Crippen LogP contribution in [0.25, 0.3) is 11.3 Å². The molecule has 0 aliphatic carbocycles. The van der Waals surface area contributed by atoms with Crippen LogP contribution in [0.5, 0.6) is 0 Å². The molecule has 116 valence electrons. The third kappa shape index (κ3) is 4.14. The molecule has 1 amide bonds. The molecule has 0 radical (unpaired) electrons. The van der Waals surface area contributed by atoms with Crippen molar-refractivity contribution in [2.75, 3.05) is 0 Å². The molecule has 5 nitrogen and oxygen atoms in total. The predicted octanol–water partition coefficient (Wildman–Crippen LogP) is 3.18. The summed E-state index contributed by atoms with van der Waals surface area (Å²) in [7, 11) is 0. The zero-order valence-corrected chi connectivity index (χ0v) is 13.1. The van der Waals surface area contributed by atoms with Crippen molar-refractivity contribution in [3.8, 4) is 11.3 Å². The van der Waals surface area contributed by atoms with Crippen LogP contribution < -0.4 is 5.32 Å². The van der Waals surface area contributed by atoms with Crippen LogP contribution in [-0.2, 0) is 4.79 Å². The number of rotatable bonds is 7. The third-order valence-corrected chi connectivity index (χ3v) is 4.04. The van der Waals surface area contributed by atoms with E-state index in [4.69, 9.17) is 5.11 Å². The molecule has 0 saturated heterocycles. The summed E-state index contributed by atoms with van der Waals surface area (Å²) in [5, 5.41) is 11.7. The molecule has 0 unspecified atom stereocenters. The van der Waals surface area contributed by atoms with E-state index in [2.05, 4.69) is 9.69 Å². The summed E-state index contributed by atoms with van der Waals surface area (Å²) < 4.78 is 4.26. The molecule has 22 heavy (non-hydrogen) atoms. The number of benzene rings is 1. The van der Waals surface area contributed by atoms with Gasteiger partial charge in [0.25, 0.3) is 5.91 Å². The highest BCUT2D eigenvalue weighted by atomic mass is 32.1. The molecular weight excluding hydrogens is 300 g/mol. The number of hydrogen-bond donors (Lipinski definition) is 2. The van der Waals surface area contributed by atoms with Gasteiger partial charge in [-0.25, -0.2) is 4.79 Å². The van der Waals surface area contributed by atoms with Crippen LogP contribution in [0, 0.1) is 0 Å². The van der Waals surface area contributed by atoms with E-state index in [0.717, 1.165) is 35.6 Å². The number of carboxylic acids is 1. The summed E-state index contributed by atoms with van der Waals surface area (Å²) in [4.78, 5) is 23.8. The molecule has 0 aliphatic rings. The molecule has 6 heteroatoms. The van der Waals surface area contributed by atoms with Gasteiger partial charge in [0.05, 0.1) is 5.69 Å². The van der Waals surface area contributed by atoms with Crippen LogP contribution >= 0.6 is 11.5 Å². The first-order valence-electron chi connectivity index (χ1n) is 7.17. The molecule has 0 spiro atoms. The van der Waals surface area contributed by atoms with Crippen LogP contribution in [0.2, 0.25) is 0 Å². The lowest BCUT2D eigenvalue weighted by Crippen LogP contribution is -2.40. The van der Waals surface area contributed by atoms with Gasteiger partial charge >= 0.3 is 5.97 Å². The van der Waals surface area contributed by atoms with E-state index in [0.29, 0.717) is 11.3 Å². The minimum Gasteiger partial charge on any atom is -0.480 e. The van der Waals surface area contributed by atoms with Gasteiger partial charge < -0.3 is 10.4 Å². The molecule has 1 heterocycles. The number of aromatic nitrogens is 1. The summed E-state index contributed by atoms with van der Waals surface area (Å²) in [6.07, 6.45) is 2.08. The summed E-state index contributed by atoms with van der Waals surface area (Å²) in [6.45, 7) is 1.98. The maximum absolute atomic E-state index is 12.2. The first kappa shape index (κ1) is 16.2. The minimum absolute atomic E-state index is 0.386. The first-order chi connectivity index (χ1) is 10.6. The van der Waals surface area contributed by atoms with Crippen LogP contribution in [0.3, 0.4) is 0 Å². The Labute approximate surface area is 133 Å². The first-order valence-corrected chi connectivity index (χ1v) is 7.95. The highest BCUT2D eigenvalue weighted by Gasteiger charge is 2.21. The Balaban J connectivity index is 2.06. The summed E-state index contributed by atoms with van der Waals surface area (Å²) in [5.74, 6) is -1.39. The number of aliphatic carboxylic acids is 1. The number of carbonyl (C=O) groups excluding carboxylic acids is 1. The fourth-order valence-electron chi connectivity index (χ4n) is 2.02.